The van der Waals surface area contributed by atoms with E-state index in [1.807, 2.05) is 41.9 Å². The van der Waals surface area contributed by atoms with Crippen LogP contribution >= 0.6 is 22.7 Å². The first-order valence-corrected chi connectivity index (χ1v) is 11.4. The average molecular weight is 438 g/mol. The van der Waals surface area contributed by atoms with Gasteiger partial charge < -0.3 is 15.1 Å². The van der Waals surface area contributed by atoms with E-state index in [2.05, 4.69) is 10.8 Å². The number of hydrogen-bond acceptors (Lipinski definition) is 6. The molecule has 0 aliphatic rings. The highest BCUT2D eigenvalue weighted by molar-refractivity contribution is 7.10. The zero-order chi connectivity index (χ0) is 21.1. The molecule has 0 spiro atoms. The van der Waals surface area contributed by atoms with E-state index < -0.39 is 17.9 Å². The van der Waals surface area contributed by atoms with Gasteiger partial charge in [-0.3, -0.25) is 4.79 Å². The van der Waals surface area contributed by atoms with Crippen LogP contribution in [0, 0.1) is 0 Å². The zero-order valence-electron chi connectivity index (χ0n) is 16.7. The van der Waals surface area contributed by atoms with Crippen molar-refractivity contribution in [3.63, 3.8) is 0 Å². The SMILES string of the molecule is CCCC[C@@H](NC(=O)N(Cc1cccs1)Cc1cccs1)C(=O)NOC(=O)CC. The standard InChI is InChI=1S/C20H27N3O4S2/c1-3-5-10-17(19(25)22-27-18(24)4-2)21-20(26)23(13-15-8-6-11-28-15)14-16-9-7-12-29-16/h6-9,11-12,17H,3-5,10,13-14H2,1-2H3,(H,21,26)(H,22,25)/t17-/m1/s1. The van der Waals surface area contributed by atoms with E-state index in [4.69, 9.17) is 4.84 Å². The second kappa shape index (κ2) is 12.2. The smallest absolute Gasteiger partial charge is 0.331 e. The summed E-state index contributed by atoms with van der Waals surface area (Å²) in [4.78, 5) is 45.3. The maximum atomic E-state index is 13.0. The predicted octanol–water partition coefficient (Wildman–Crippen LogP) is 4.06. The lowest BCUT2D eigenvalue weighted by Gasteiger charge is -2.25. The topological polar surface area (TPSA) is 87.7 Å². The van der Waals surface area contributed by atoms with Gasteiger partial charge in [0.25, 0.3) is 5.91 Å². The molecule has 2 rings (SSSR count). The van der Waals surface area contributed by atoms with Crippen LogP contribution in [0.2, 0.25) is 0 Å². The number of hydrogen-bond donors (Lipinski definition) is 2. The van der Waals surface area contributed by atoms with Crippen LogP contribution in [0.5, 0.6) is 0 Å². The highest BCUT2D eigenvalue weighted by Crippen LogP contribution is 2.17. The third kappa shape index (κ3) is 7.86. The van der Waals surface area contributed by atoms with E-state index >= 15 is 0 Å². The molecule has 0 fully saturated rings. The van der Waals surface area contributed by atoms with Crippen LogP contribution in [0.1, 0.15) is 49.3 Å². The number of urea groups is 1. The third-order valence-corrected chi connectivity index (χ3v) is 5.88. The van der Waals surface area contributed by atoms with Gasteiger partial charge >= 0.3 is 12.0 Å². The van der Waals surface area contributed by atoms with Gasteiger partial charge in [-0.15, -0.1) is 22.7 Å². The Labute approximate surface area is 179 Å². The normalized spacial score (nSPS) is 11.5. The van der Waals surface area contributed by atoms with Gasteiger partial charge in [-0.2, -0.15) is 5.48 Å². The molecule has 0 aromatic carbocycles. The maximum Gasteiger partial charge on any atom is 0.331 e. The zero-order valence-corrected chi connectivity index (χ0v) is 18.3. The summed E-state index contributed by atoms with van der Waals surface area (Å²) in [5.74, 6) is -1.06. The summed E-state index contributed by atoms with van der Waals surface area (Å²) in [6.07, 6.45) is 2.25. The molecule has 0 unspecified atom stereocenters. The van der Waals surface area contributed by atoms with Crippen LogP contribution in [0.4, 0.5) is 4.79 Å². The molecular weight excluding hydrogens is 410 g/mol. The minimum atomic E-state index is -0.777. The summed E-state index contributed by atoms with van der Waals surface area (Å²) in [7, 11) is 0. The van der Waals surface area contributed by atoms with Gasteiger partial charge in [-0.25, -0.2) is 9.59 Å². The van der Waals surface area contributed by atoms with Crippen molar-refractivity contribution in [3.05, 3.63) is 44.8 Å². The Morgan fingerprint density at radius 1 is 1.07 bits per heavy atom. The van der Waals surface area contributed by atoms with Crippen molar-refractivity contribution in [1.82, 2.24) is 15.7 Å². The molecule has 0 saturated carbocycles. The van der Waals surface area contributed by atoms with Crippen molar-refractivity contribution >= 4 is 40.6 Å². The lowest BCUT2D eigenvalue weighted by molar-refractivity contribution is -0.158. The molecule has 1 atom stereocenters. The van der Waals surface area contributed by atoms with Crippen molar-refractivity contribution in [2.45, 2.75) is 58.7 Å². The van der Waals surface area contributed by atoms with Gasteiger partial charge in [-0.1, -0.05) is 38.8 Å². The van der Waals surface area contributed by atoms with E-state index in [1.165, 1.54) is 0 Å². The maximum absolute atomic E-state index is 13.0. The van der Waals surface area contributed by atoms with Crippen LogP contribution in [0.25, 0.3) is 0 Å². The summed E-state index contributed by atoms with van der Waals surface area (Å²) in [6, 6.07) is 6.74. The molecule has 9 heteroatoms. The van der Waals surface area contributed by atoms with Crippen molar-refractivity contribution in [3.8, 4) is 0 Å². The lowest BCUT2D eigenvalue weighted by atomic mass is 10.1. The molecule has 7 nitrogen and oxygen atoms in total. The van der Waals surface area contributed by atoms with Crippen molar-refractivity contribution in [1.29, 1.82) is 0 Å². The Hall–Kier alpha value is -2.39. The van der Waals surface area contributed by atoms with E-state index in [1.54, 1.807) is 34.5 Å². The molecule has 0 saturated heterocycles. The van der Waals surface area contributed by atoms with Gasteiger partial charge in [0.05, 0.1) is 13.1 Å². The molecule has 0 bridgehead atoms. The third-order valence-electron chi connectivity index (χ3n) is 4.16. The van der Waals surface area contributed by atoms with Crippen LogP contribution < -0.4 is 10.8 Å². The summed E-state index contributed by atoms with van der Waals surface area (Å²) in [6.45, 7) is 4.55. The molecule has 3 amide bonds. The molecule has 158 valence electrons. The summed E-state index contributed by atoms with van der Waals surface area (Å²) in [5.41, 5.74) is 2.16. The summed E-state index contributed by atoms with van der Waals surface area (Å²) >= 11 is 3.16. The fourth-order valence-electron chi connectivity index (χ4n) is 2.55. The molecule has 2 aromatic rings. The Morgan fingerprint density at radius 2 is 1.69 bits per heavy atom. The summed E-state index contributed by atoms with van der Waals surface area (Å²) in [5, 5.41) is 6.75. The Bertz CT molecular complexity index is 727. The van der Waals surface area contributed by atoms with Gasteiger partial charge in [0, 0.05) is 16.2 Å². The van der Waals surface area contributed by atoms with E-state index in [0.29, 0.717) is 19.5 Å². The number of rotatable bonds is 10. The van der Waals surface area contributed by atoms with Gasteiger partial charge in [-0.05, 0) is 29.3 Å². The number of nitrogens with zero attached hydrogens (tertiary/aromatic N) is 1. The van der Waals surface area contributed by atoms with Crippen LogP contribution in [0.15, 0.2) is 35.0 Å². The molecule has 2 heterocycles. The largest absolute Gasteiger partial charge is 0.341 e. The minimum Gasteiger partial charge on any atom is -0.341 e. The summed E-state index contributed by atoms with van der Waals surface area (Å²) < 4.78 is 0. The molecular formula is C20H27N3O4S2. The van der Waals surface area contributed by atoms with Gasteiger partial charge in [0.15, 0.2) is 0 Å². The second-order valence-corrected chi connectivity index (χ2v) is 8.52. The van der Waals surface area contributed by atoms with Crippen molar-refractivity contribution < 1.29 is 19.2 Å². The van der Waals surface area contributed by atoms with Gasteiger partial charge in [0.2, 0.25) is 0 Å². The number of thiophene rings is 2. The molecule has 2 aromatic heterocycles. The molecule has 29 heavy (non-hydrogen) atoms. The first-order valence-electron chi connectivity index (χ1n) is 9.63. The van der Waals surface area contributed by atoms with E-state index in [0.717, 1.165) is 22.6 Å². The van der Waals surface area contributed by atoms with Crippen molar-refractivity contribution in [2.75, 3.05) is 0 Å². The number of unbranched alkanes of at least 4 members (excludes halogenated alkanes) is 1. The van der Waals surface area contributed by atoms with E-state index in [9.17, 15) is 14.4 Å². The molecule has 0 radical (unpaired) electrons. The highest BCUT2D eigenvalue weighted by atomic mass is 32.1. The van der Waals surface area contributed by atoms with Crippen molar-refractivity contribution in [2.24, 2.45) is 0 Å². The quantitative estimate of drug-likeness (QED) is 0.549. The number of carbonyl (C=O) groups excluding carboxylic acids is 3. The van der Waals surface area contributed by atoms with Gasteiger partial charge in [0.1, 0.15) is 6.04 Å². The number of amides is 3. The number of hydroxylamine groups is 1. The van der Waals surface area contributed by atoms with Crippen LogP contribution in [-0.2, 0) is 27.5 Å². The Balaban J connectivity index is 2.06. The number of carbonyl (C=O) groups is 3. The molecule has 0 aliphatic heterocycles. The first-order chi connectivity index (χ1) is 14.0. The fourth-order valence-corrected chi connectivity index (χ4v) is 3.99. The second-order valence-electron chi connectivity index (χ2n) is 6.45. The number of nitrogens with one attached hydrogen (secondary N) is 2. The van der Waals surface area contributed by atoms with Crippen LogP contribution in [0.3, 0.4) is 0 Å². The van der Waals surface area contributed by atoms with E-state index in [-0.39, 0.29) is 12.5 Å². The first kappa shape index (κ1) is 22.9. The monoisotopic (exact) mass is 437 g/mol. The molecule has 0 aliphatic carbocycles. The minimum absolute atomic E-state index is 0.154. The lowest BCUT2D eigenvalue weighted by Crippen LogP contribution is -2.51. The predicted molar refractivity (Wildman–Crippen MR) is 114 cm³/mol. The Morgan fingerprint density at radius 3 is 2.17 bits per heavy atom. The molecule has 2 N–H and O–H groups in total. The highest BCUT2D eigenvalue weighted by Gasteiger charge is 2.25. The fraction of sp³-hybridized carbons (Fsp3) is 0.450. The average Bonchev–Trinajstić information content (AvgIpc) is 3.42. The van der Waals surface area contributed by atoms with Crippen LogP contribution in [-0.4, -0.2) is 28.8 Å². The Kier molecular flexibility index (Phi) is 9.66.